The SMILES string of the molecule is CCOC(=O)C1(CC)Cc2cc(O)c(F)c(F)c2O1. The van der Waals surface area contributed by atoms with Gasteiger partial charge in [0.15, 0.2) is 11.5 Å². The van der Waals surface area contributed by atoms with Gasteiger partial charge in [0.2, 0.25) is 17.2 Å². The van der Waals surface area contributed by atoms with Crippen molar-refractivity contribution in [2.45, 2.75) is 32.3 Å². The zero-order valence-electron chi connectivity index (χ0n) is 10.6. The van der Waals surface area contributed by atoms with Crippen LogP contribution in [0.5, 0.6) is 11.5 Å². The van der Waals surface area contributed by atoms with E-state index >= 15 is 0 Å². The molecular weight excluding hydrogens is 258 g/mol. The van der Waals surface area contributed by atoms with E-state index in [1.807, 2.05) is 0 Å². The summed E-state index contributed by atoms with van der Waals surface area (Å²) in [6.45, 7) is 3.51. The second kappa shape index (κ2) is 4.68. The number of halogens is 2. The van der Waals surface area contributed by atoms with Crippen molar-refractivity contribution in [3.8, 4) is 11.5 Å². The fourth-order valence-electron chi connectivity index (χ4n) is 2.15. The third-order valence-corrected chi connectivity index (χ3v) is 3.21. The van der Waals surface area contributed by atoms with E-state index in [0.29, 0.717) is 0 Å². The van der Waals surface area contributed by atoms with Crippen molar-refractivity contribution in [1.82, 2.24) is 0 Å². The molecule has 6 heteroatoms. The summed E-state index contributed by atoms with van der Waals surface area (Å²) in [6, 6.07) is 1.07. The number of benzene rings is 1. The lowest BCUT2D eigenvalue weighted by Crippen LogP contribution is -2.44. The molecule has 0 amide bonds. The Labute approximate surface area is 108 Å². The van der Waals surface area contributed by atoms with Crippen molar-refractivity contribution in [2.75, 3.05) is 6.61 Å². The number of aromatic hydroxyl groups is 1. The van der Waals surface area contributed by atoms with E-state index in [2.05, 4.69) is 0 Å². The third kappa shape index (κ3) is 2.01. The first kappa shape index (κ1) is 13.6. The lowest BCUT2D eigenvalue weighted by Gasteiger charge is -2.24. The quantitative estimate of drug-likeness (QED) is 0.858. The van der Waals surface area contributed by atoms with Crippen LogP contribution in [0.1, 0.15) is 25.8 Å². The average Bonchev–Trinajstić information content (AvgIpc) is 2.77. The molecule has 1 N–H and O–H groups in total. The van der Waals surface area contributed by atoms with Gasteiger partial charge in [-0.15, -0.1) is 0 Å². The number of esters is 1. The zero-order valence-corrected chi connectivity index (χ0v) is 10.6. The lowest BCUT2D eigenvalue weighted by atomic mass is 9.94. The van der Waals surface area contributed by atoms with Crippen LogP contribution in [0.2, 0.25) is 0 Å². The van der Waals surface area contributed by atoms with Crippen LogP contribution in [-0.2, 0) is 16.0 Å². The fraction of sp³-hybridized carbons (Fsp3) is 0.462. The maximum atomic E-state index is 13.7. The molecule has 1 aliphatic rings. The molecule has 2 rings (SSSR count). The third-order valence-electron chi connectivity index (χ3n) is 3.21. The minimum Gasteiger partial charge on any atom is -0.505 e. The summed E-state index contributed by atoms with van der Waals surface area (Å²) < 4.78 is 37.2. The minimum atomic E-state index is -1.38. The van der Waals surface area contributed by atoms with E-state index in [9.17, 15) is 18.7 Å². The standard InChI is InChI=1S/C13H14F2O4/c1-3-13(12(17)18-4-2)6-7-5-8(16)9(14)10(15)11(7)19-13/h5,16H,3-4,6H2,1-2H3. The smallest absolute Gasteiger partial charge is 0.350 e. The first-order chi connectivity index (χ1) is 8.95. The van der Waals surface area contributed by atoms with E-state index in [1.165, 1.54) is 0 Å². The van der Waals surface area contributed by atoms with Gasteiger partial charge in [-0.2, -0.15) is 8.78 Å². The maximum Gasteiger partial charge on any atom is 0.350 e. The Bertz CT molecular complexity index is 530. The summed E-state index contributed by atoms with van der Waals surface area (Å²) >= 11 is 0. The normalized spacial score (nSPS) is 20.8. The highest BCUT2D eigenvalue weighted by Gasteiger charge is 2.48. The highest BCUT2D eigenvalue weighted by molar-refractivity contribution is 5.82. The topological polar surface area (TPSA) is 55.8 Å². The Kier molecular flexibility index (Phi) is 3.34. The Hall–Kier alpha value is -1.85. The Morgan fingerprint density at radius 1 is 1.47 bits per heavy atom. The summed E-state index contributed by atoms with van der Waals surface area (Å²) in [7, 11) is 0. The summed E-state index contributed by atoms with van der Waals surface area (Å²) in [5.74, 6) is -4.40. The van der Waals surface area contributed by atoms with Crippen LogP contribution in [0, 0.1) is 11.6 Å². The molecule has 0 radical (unpaired) electrons. The summed E-state index contributed by atoms with van der Waals surface area (Å²) in [4.78, 5) is 11.9. The van der Waals surface area contributed by atoms with Crippen molar-refractivity contribution in [2.24, 2.45) is 0 Å². The van der Waals surface area contributed by atoms with Gasteiger partial charge in [0.05, 0.1) is 6.61 Å². The molecule has 0 aliphatic carbocycles. The van der Waals surface area contributed by atoms with Gasteiger partial charge in [-0.25, -0.2) is 4.79 Å². The highest BCUT2D eigenvalue weighted by Crippen LogP contribution is 2.42. The van der Waals surface area contributed by atoms with E-state index in [4.69, 9.17) is 9.47 Å². The van der Waals surface area contributed by atoms with Crippen LogP contribution in [0.3, 0.4) is 0 Å². The van der Waals surface area contributed by atoms with Crippen LogP contribution in [0.4, 0.5) is 8.78 Å². The molecule has 1 unspecified atom stereocenters. The van der Waals surface area contributed by atoms with Crippen molar-refractivity contribution in [1.29, 1.82) is 0 Å². The maximum absolute atomic E-state index is 13.7. The molecule has 0 saturated carbocycles. The number of phenols is 1. The number of fused-ring (bicyclic) bond motifs is 1. The van der Waals surface area contributed by atoms with Gasteiger partial charge >= 0.3 is 5.97 Å². The molecule has 19 heavy (non-hydrogen) atoms. The number of hydrogen-bond acceptors (Lipinski definition) is 4. The van der Waals surface area contributed by atoms with Crippen molar-refractivity contribution in [3.05, 3.63) is 23.3 Å². The fourth-order valence-corrected chi connectivity index (χ4v) is 2.15. The van der Waals surface area contributed by atoms with Crippen LogP contribution in [-0.4, -0.2) is 23.3 Å². The first-order valence-electron chi connectivity index (χ1n) is 6.01. The molecule has 1 heterocycles. The molecule has 1 aromatic carbocycles. The van der Waals surface area contributed by atoms with E-state index in [1.54, 1.807) is 13.8 Å². The van der Waals surface area contributed by atoms with Crippen molar-refractivity contribution >= 4 is 5.97 Å². The molecule has 0 spiro atoms. The lowest BCUT2D eigenvalue weighted by molar-refractivity contribution is -0.160. The second-order valence-electron chi connectivity index (χ2n) is 4.36. The number of rotatable bonds is 3. The van der Waals surface area contributed by atoms with E-state index in [0.717, 1.165) is 6.07 Å². The molecule has 0 fully saturated rings. The molecule has 0 aromatic heterocycles. The molecule has 4 nitrogen and oxygen atoms in total. The molecule has 1 aliphatic heterocycles. The summed E-state index contributed by atoms with van der Waals surface area (Å²) in [5.41, 5.74) is -1.09. The Morgan fingerprint density at radius 3 is 2.74 bits per heavy atom. The zero-order chi connectivity index (χ0) is 14.2. The average molecular weight is 272 g/mol. The molecular formula is C13H14F2O4. The molecule has 1 atom stereocenters. The molecule has 104 valence electrons. The summed E-state index contributed by atoms with van der Waals surface area (Å²) in [5, 5.41) is 9.26. The van der Waals surface area contributed by atoms with Gasteiger partial charge in [0.1, 0.15) is 0 Å². The molecule has 0 saturated heterocycles. The predicted molar refractivity (Wildman–Crippen MR) is 62.0 cm³/mol. The number of ether oxygens (including phenoxy) is 2. The van der Waals surface area contributed by atoms with Crippen LogP contribution in [0.15, 0.2) is 6.07 Å². The van der Waals surface area contributed by atoms with Gasteiger partial charge in [-0.3, -0.25) is 0 Å². The Balaban J connectivity index is 2.42. The van der Waals surface area contributed by atoms with E-state index in [-0.39, 0.29) is 30.8 Å². The van der Waals surface area contributed by atoms with Crippen molar-refractivity contribution in [3.63, 3.8) is 0 Å². The Morgan fingerprint density at radius 2 is 2.16 bits per heavy atom. The second-order valence-corrected chi connectivity index (χ2v) is 4.36. The number of carbonyl (C=O) groups is 1. The summed E-state index contributed by atoms with van der Waals surface area (Å²) in [6.07, 6.45) is 0.296. The molecule has 1 aromatic rings. The predicted octanol–water partition coefficient (Wildman–Crippen LogP) is 2.32. The number of hydrogen-bond donors (Lipinski definition) is 1. The molecule has 0 bridgehead atoms. The van der Waals surface area contributed by atoms with Crippen LogP contribution in [0.25, 0.3) is 0 Å². The van der Waals surface area contributed by atoms with Gasteiger partial charge in [0.25, 0.3) is 0 Å². The highest BCUT2D eigenvalue weighted by atomic mass is 19.2. The van der Waals surface area contributed by atoms with Gasteiger partial charge in [-0.05, 0) is 19.4 Å². The van der Waals surface area contributed by atoms with Gasteiger partial charge in [-0.1, -0.05) is 6.92 Å². The van der Waals surface area contributed by atoms with Gasteiger partial charge in [0, 0.05) is 12.0 Å². The largest absolute Gasteiger partial charge is 0.505 e. The van der Waals surface area contributed by atoms with Crippen molar-refractivity contribution < 1.29 is 28.2 Å². The number of carbonyl (C=O) groups excluding carboxylic acids is 1. The van der Waals surface area contributed by atoms with E-state index < -0.39 is 29.0 Å². The minimum absolute atomic E-state index is 0.0441. The van der Waals surface area contributed by atoms with Gasteiger partial charge < -0.3 is 14.6 Å². The monoisotopic (exact) mass is 272 g/mol. The first-order valence-corrected chi connectivity index (χ1v) is 6.01. The van der Waals surface area contributed by atoms with Crippen LogP contribution >= 0.6 is 0 Å². The number of phenolic OH excluding ortho intramolecular Hbond substituents is 1. The van der Waals surface area contributed by atoms with Crippen LogP contribution < -0.4 is 4.74 Å².